The summed E-state index contributed by atoms with van der Waals surface area (Å²) in [6.45, 7) is 16.9. The number of aromatic nitrogens is 1. The monoisotopic (exact) mass is 414 g/mol. The van der Waals surface area contributed by atoms with Crippen molar-refractivity contribution in [2.45, 2.75) is 85.6 Å². The van der Waals surface area contributed by atoms with Crippen LogP contribution in [0.15, 0.2) is 24.4 Å². The van der Waals surface area contributed by atoms with Crippen LogP contribution in [-0.4, -0.2) is 36.6 Å². The molecule has 1 amide bonds. The smallest absolute Gasteiger partial charge is 0.220 e. The van der Waals surface area contributed by atoms with Crippen LogP contribution in [0.4, 0.5) is 0 Å². The fourth-order valence-electron chi connectivity index (χ4n) is 4.65. The van der Waals surface area contributed by atoms with Gasteiger partial charge < -0.3 is 15.2 Å². The summed E-state index contributed by atoms with van der Waals surface area (Å²) in [6, 6.07) is 6.77. The van der Waals surface area contributed by atoms with E-state index in [1.54, 1.807) is 4.90 Å². The van der Waals surface area contributed by atoms with Crippen LogP contribution in [0.25, 0.3) is 10.9 Å². The van der Waals surface area contributed by atoms with Crippen molar-refractivity contribution in [1.82, 2.24) is 10.3 Å². The number of hydrogen-bond donors (Lipinski definition) is 3. The Labute approximate surface area is 183 Å². The maximum absolute atomic E-state index is 12.9. The van der Waals surface area contributed by atoms with Gasteiger partial charge in [0, 0.05) is 29.6 Å². The summed E-state index contributed by atoms with van der Waals surface area (Å²) in [4.78, 5) is 18.0. The summed E-state index contributed by atoms with van der Waals surface area (Å²) in [7, 11) is 0. The van der Waals surface area contributed by atoms with Crippen molar-refractivity contribution < 1.29 is 9.69 Å². The minimum Gasteiger partial charge on any atom is -0.361 e. The first kappa shape index (κ1) is 24.5. The van der Waals surface area contributed by atoms with Gasteiger partial charge >= 0.3 is 0 Å². The number of rotatable bonds is 13. The van der Waals surface area contributed by atoms with E-state index in [2.05, 4.69) is 76.2 Å². The molecule has 0 aliphatic rings. The Bertz CT molecular complexity index is 776. The summed E-state index contributed by atoms with van der Waals surface area (Å²) >= 11 is 0. The van der Waals surface area contributed by atoms with E-state index in [9.17, 15) is 4.79 Å². The lowest BCUT2D eigenvalue weighted by molar-refractivity contribution is -0.896. The van der Waals surface area contributed by atoms with Crippen LogP contribution in [0.1, 0.15) is 84.3 Å². The molecule has 0 unspecified atom stereocenters. The molecule has 2 rings (SSSR count). The highest BCUT2D eigenvalue weighted by atomic mass is 16.1. The van der Waals surface area contributed by atoms with Gasteiger partial charge in [-0.05, 0) is 69.4 Å². The lowest BCUT2D eigenvalue weighted by atomic mass is 9.87. The number of aryl methyl sites for hydroxylation is 1. The Balaban J connectivity index is 2.02. The Morgan fingerprint density at radius 3 is 2.50 bits per heavy atom. The second-order valence-corrected chi connectivity index (χ2v) is 9.29. The summed E-state index contributed by atoms with van der Waals surface area (Å²) in [5.41, 5.74) is 3.87. The number of carbonyl (C=O) groups excluding carboxylic acids is 1. The fourth-order valence-corrected chi connectivity index (χ4v) is 4.65. The fraction of sp³-hybridized carbons (Fsp3) is 0.654. The molecule has 2 aromatic rings. The Morgan fingerprint density at radius 2 is 1.87 bits per heavy atom. The van der Waals surface area contributed by atoms with Crippen LogP contribution in [0.5, 0.6) is 0 Å². The molecule has 0 radical (unpaired) electrons. The maximum Gasteiger partial charge on any atom is 0.220 e. The number of aromatic amines is 1. The number of quaternary nitrogens is 1. The molecule has 3 N–H and O–H groups in total. The summed E-state index contributed by atoms with van der Waals surface area (Å²) < 4.78 is 0. The number of H-pyrrole nitrogens is 1. The Morgan fingerprint density at radius 1 is 1.13 bits per heavy atom. The molecular weight excluding hydrogens is 370 g/mol. The number of para-hydroxylation sites is 1. The van der Waals surface area contributed by atoms with E-state index in [0.29, 0.717) is 12.3 Å². The molecule has 168 valence electrons. The molecule has 1 heterocycles. The number of nitrogens with one attached hydrogen (secondary N) is 3. The number of amides is 1. The van der Waals surface area contributed by atoms with Crippen LogP contribution < -0.4 is 10.2 Å². The van der Waals surface area contributed by atoms with Crippen molar-refractivity contribution in [2.24, 2.45) is 5.92 Å². The lowest BCUT2D eigenvalue weighted by Crippen LogP contribution is -3.11. The SMILES string of the molecule is CCc1cccc2c([C@H](CC(=O)N[C@H](C)CCC[NH+](CC)CC)CC(C)C)c[nH]c12. The highest BCUT2D eigenvalue weighted by molar-refractivity contribution is 5.87. The molecule has 0 bridgehead atoms. The zero-order chi connectivity index (χ0) is 22.1. The van der Waals surface area contributed by atoms with Crippen molar-refractivity contribution in [3.8, 4) is 0 Å². The number of hydrogen-bond acceptors (Lipinski definition) is 1. The molecule has 4 nitrogen and oxygen atoms in total. The third-order valence-electron chi connectivity index (χ3n) is 6.42. The van der Waals surface area contributed by atoms with Gasteiger partial charge in [0.05, 0.1) is 19.6 Å². The van der Waals surface area contributed by atoms with Gasteiger partial charge in [0.25, 0.3) is 0 Å². The third-order valence-corrected chi connectivity index (χ3v) is 6.42. The van der Waals surface area contributed by atoms with E-state index in [1.807, 2.05) is 0 Å². The van der Waals surface area contributed by atoms with Gasteiger partial charge in [-0.3, -0.25) is 4.79 Å². The first-order chi connectivity index (χ1) is 14.4. The van der Waals surface area contributed by atoms with Gasteiger partial charge in [0.2, 0.25) is 5.91 Å². The molecule has 1 aromatic heterocycles. The van der Waals surface area contributed by atoms with Crippen LogP contribution >= 0.6 is 0 Å². The third kappa shape index (κ3) is 6.87. The van der Waals surface area contributed by atoms with Gasteiger partial charge in [-0.25, -0.2) is 0 Å². The van der Waals surface area contributed by atoms with Gasteiger partial charge in [-0.15, -0.1) is 0 Å². The molecule has 1 aromatic carbocycles. The second-order valence-electron chi connectivity index (χ2n) is 9.29. The van der Waals surface area contributed by atoms with Crippen molar-refractivity contribution >= 4 is 16.8 Å². The van der Waals surface area contributed by atoms with Crippen LogP contribution in [0, 0.1) is 5.92 Å². The second kappa shape index (κ2) is 12.1. The molecule has 2 atom stereocenters. The topological polar surface area (TPSA) is 49.3 Å². The summed E-state index contributed by atoms with van der Waals surface area (Å²) in [5.74, 6) is 0.985. The number of benzene rings is 1. The van der Waals surface area contributed by atoms with Crippen molar-refractivity contribution in [3.63, 3.8) is 0 Å². The standard InChI is InChI=1S/C26H43N3O/c1-7-21-13-10-14-23-24(18-27-26(21)23)22(16-19(4)5)17-25(30)28-20(6)12-11-15-29(8-2)9-3/h10,13-14,18-20,22,27H,7-9,11-12,15-17H2,1-6H3,(H,28,30)/p+1/t20-,22+/m1/s1. The highest BCUT2D eigenvalue weighted by Crippen LogP contribution is 2.34. The van der Waals surface area contributed by atoms with E-state index in [4.69, 9.17) is 0 Å². The van der Waals surface area contributed by atoms with E-state index < -0.39 is 0 Å². The van der Waals surface area contributed by atoms with Gasteiger partial charge in [0.15, 0.2) is 0 Å². The van der Waals surface area contributed by atoms with Crippen molar-refractivity contribution in [1.29, 1.82) is 0 Å². The highest BCUT2D eigenvalue weighted by Gasteiger charge is 2.22. The first-order valence-corrected chi connectivity index (χ1v) is 12.1. The van der Waals surface area contributed by atoms with Gasteiger partial charge in [0.1, 0.15) is 0 Å². The maximum atomic E-state index is 12.9. The predicted octanol–water partition coefficient (Wildman–Crippen LogP) is 4.46. The Hall–Kier alpha value is -1.81. The predicted molar refractivity (Wildman–Crippen MR) is 128 cm³/mol. The van der Waals surface area contributed by atoms with Crippen LogP contribution in [-0.2, 0) is 11.2 Å². The molecule has 0 saturated heterocycles. The quantitative estimate of drug-likeness (QED) is 0.445. The number of carbonyl (C=O) groups is 1. The molecule has 4 heteroatoms. The average Bonchev–Trinajstić information content (AvgIpc) is 3.14. The first-order valence-electron chi connectivity index (χ1n) is 12.1. The molecular formula is C26H44N3O+. The zero-order valence-corrected chi connectivity index (χ0v) is 20.1. The molecule has 0 saturated carbocycles. The normalized spacial score (nSPS) is 13.9. The van der Waals surface area contributed by atoms with Gasteiger partial charge in [-0.2, -0.15) is 0 Å². The van der Waals surface area contributed by atoms with E-state index in [0.717, 1.165) is 25.7 Å². The van der Waals surface area contributed by atoms with Crippen molar-refractivity contribution in [2.75, 3.05) is 19.6 Å². The van der Waals surface area contributed by atoms with Crippen molar-refractivity contribution in [3.05, 3.63) is 35.5 Å². The zero-order valence-electron chi connectivity index (χ0n) is 20.1. The van der Waals surface area contributed by atoms with Crippen LogP contribution in [0.2, 0.25) is 0 Å². The molecule has 0 aliphatic carbocycles. The molecule has 30 heavy (non-hydrogen) atoms. The van der Waals surface area contributed by atoms with E-state index in [-0.39, 0.29) is 17.9 Å². The summed E-state index contributed by atoms with van der Waals surface area (Å²) in [6.07, 6.45) is 6.95. The summed E-state index contributed by atoms with van der Waals surface area (Å²) in [5, 5.41) is 4.55. The number of fused-ring (bicyclic) bond motifs is 1. The molecule has 0 spiro atoms. The van der Waals surface area contributed by atoms with Crippen LogP contribution in [0.3, 0.4) is 0 Å². The minimum atomic E-state index is 0.185. The van der Waals surface area contributed by atoms with E-state index >= 15 is 0 Å². The minimum absolute atomic E-state index is 0.185. The lowest BCUT2D eigenvalue weighted by Gasteiger charge is -2.21. The Kier molecular flexibility index (Phi) is 9.90. The average molecular weight is 415 g/mol. The van der Waals surface area contributed by atoms with E-state index in [1.165, 1.54) is 41.7 Å². The largest absolute Gasteiger partial charge is 0.361 e. The molecule has 0 fully saturated rings. The van der Waals surface area contributed by atoms with Gasteiger partial charge in [-0.1, -0.05) is 39.0 Å². The molecule has 0 aliphatic heterocycles.